The first-order valence-corrected chi connectivity index (χ1v) is 8.82. The van der Waals surface area contributed by atoms with E-state index in [1.165, 1.54) is 7.11 Å². The molecule has 1 heterocycles. The van der Waals surface area contributed by atoms with Crippen LogP contribution < -0.4 is 0 Å². The molecule has 0 bridgehead atoms. The molecule has 7 heteroatoms. The van der Waals surface area contributed by atoms with Gasteiger partial charge in [0.1, 0.15) is 11.4 Å². The smallest absolute Gasteiger partial charge is 0.322 e. The van der Waals surface area contributed by atoms with Crippen molar-refractivity contribution in [2.24, 2.45) is 0 Å². The highest BCUT2D eigenvalue weighted by Crippen LogP contribution is 2.40. The second-order valence-corrected chi connectivity index (χ2v) is 7.04. The summed E-state index contributed by atoms with van der Waals surface area (Å²) in [6, 6.07) is 7.13. The normalized spacial score (nSPS) is 19.0. The minimum absolute atomic E-state index is 0.0156. The molecule has 0 spiro atoms. The molecular formula is C16H21ClN2O3S. The van der Waals surface area contributed by atoms with E-state index < -0.39 is 6.04 Å². The maximum absolute atomic E-state index is 12.6. The molecule has 5 nitrogen and oxygen atoms in total. The van der Waals surface area contributed by atoms with Crippen molar-refractivity contribution in [2.45, 2.75) is 18.3 Å². The number of carbonyl (C=O) groups is 2. The summed E-state index contributed by atoms with van der Waals surface area (Å²) in [5.74, 6) is 0.509. The Balaban J connectivity index is 2.07. The molecule has 1 saturated heterocycles. The number of rotatable bonds is 5. The van der Waals surface area contributed by atoms with Gasteiger partial charge in [-0.25, -0.2) is 0 Å². The maximum Gasteiger partial charge on any atom is 0.322 e. The van der Waals surface area contributed by atoms with Crippen LogP contribution >= 0.6 is 23.4 Å². The van der Waals surface area contributed by atoms with Gasteiger partial charge >= 0.3 is 5.97 Å². The fourth-order valence-electron chi connectivity index (χ4n) is 2.45. The molecule has 1 amide bonds. The highest BCUT2D eigenvalue weighted by molar-refractivity contribution is 7.99. The lowest BCUT2D eigenvalue weighted by molar-refractivity contribution is -0.146. The van der Waals surface area contributed by atoms with E-state index in [-0.39, 0.29) is 23.8 Å². The van der Waals surface area contributed by atoms with Gasteiger partial charge in [0.25, 0.3) is 0 Å². The van der Waals surface area contributed by atoms with Crippen molar-refractivity contribution < 1.29 is 14.3 Å². The van der Waals surface area contributed by atoms with E-state index in [0.29, 0.717) is 11.6 Å². The van der Waals surface area contributed by atoms with Crippen LogP contribution in [0.5, 0.6) is 0 Å². The third-order valence-corrected chi connectivity index (χ3v) is 5.56. The fraction of sp³-hybridized carbons (Fsp3) is 0.500. The van der Waals surface area contributed by atoms with E-state index >= 15 is 0 Å². The van der Waals surface area contributed by atoms with Crippen molar-refractivity contribution in [1.82, 2.24) is 9.80 Å². The zero-order valence-corrected chi connectivity index (χ0v) is 15.1. The molecule has 126 valence electrons. The first-order chi connectivity index (χ1) is 11.0. The van der Waals surface area contributed by atoms with Crippen LogP contribution in [0.3, 0.4) is 0 Å². The van der Waals surface area contributed by atoms with Crippen molar-refractivity contribution in [3.05, 3.63) is 34.9 Å². The molecule has 0 N–H and O–H groups in total. The third kappa shape index (κ3) is 4.19. The summed E-state index contributed by atoms with van der Waals surface area (Å²) in [7, 11) is 3.09. The third-order valence-electron chi connectivity index (χ3n) is 3.97. The number of hydrogen-bond acceptors (Lipinski definition) is 5. The van der Waals surface area contributed by atoms with Gasteiger partial charge < -0.3 is 9.64 Å². The van der Waals surface area contributed by atoms with Crippen molar-refractivity contribution >= 4 is 35.2 Å². The Kier molecular flexibility index (Phi) is 6.33. The molecule has 0 unspecified atom stereocenters. The Morgan fingerprint density at radius 3 is 2.83 bits per heavy atom. The number of thioether (sulfide) groups is 1. The summed E-state index contributed by atoms with van der Waals surface area (Å²) in [4.78, 5) is 27.7. The molecule has 0 saturated carbocycles. The van der Waals surface area contributed by atoms with Crippen molar-refractivity contribution in [3.63, 3.8) is 0 Å². The van der Waals surface area contributed by atoms with Gasteiger partial charge in [-0.3, -0.25) is 14.5 Å². The predicted octanol–water partition coefficient (Wildman–Crippen LogP) is 2.41. The molecule has 23 heavy (non-hydrogen) atoms. The van der Waals surface area contributed by atoms with Gasteiger partial charge in [-0.15, -0.1) is 11.8 Å². The number of methoxy groups -OCH3 is 1. The lowest BCUT2D eigenvalue weighted by Crippen LogP contribution is -2.44. The lowest BCUT2D eigenvalue weighted by atomic mass is 10.2. The van der Waals surface area contributed by atoms with E-state index in [4.69, 9.17) is 16.3 Å². The largest absolute Gasteiger partial charge is 0.468 e. The van der Waals surface area contributed by atoms with Gasteiger partial charge in [0.2, 0.25) is 5.91 Å². The molecule has 2 atom stereocenters. The number of halogens is 1. The summed E-state index contributed by atoms with van der Waals surface area (Å²) in [6.07, 6.45) is 0. The van der Waals surface area contributed by atoms with Crippen LogP contribution in [-0.2, 0) is 14.3 Å². The van der Waals surface area contributed by atoms with Crippen LogP contribution in [0.15, 0.2) is 24.3 Å². The monoisotopic (exact) mass is 356 g/mol. The molecule has 0 aromatic heterocycles. The Morgan fingerprint density at radius 1 is 1.48 bits per heavy atom. The van der Waals surface area contributed by atoms with E-state index in [9.17, 15) is 9.59 Å². The number of nitrogens with zero attached hydrogens (tertiary/aromatic N) is 2. The standard InChI is InChI=1S/C16H21ClN2O3S/c1-11(16(21)22-3)18(2)10-14(20)19-8-9-23-15(19)12-6-4-5-7-13(12)17/h4-7,11,15H,8-10H2,1-3H3/t11-,15-/m1/s1. The van der Waals surface area contributed by atoms with Crippen LogP contribution in [0.2, 0.25) is 5.02 Å². The maximum atomic E-state index is 12.6. The zero-order valence-electron chi connectivity index (χ0n) is 13.5. The van der Waals surface area contributed by atoms with Crippen LogP contribution in [0.4, 0.5) is 0 Å². The van der Waals surface area contributed by atoms with Crippen LogP contribution in [0, 0.1) is 0 Å². The SMILES string of the molecule is COC(=O)[C@@H](C)N(C)CC(=O)N1CCS[C@@H]1c1ccccc1Cl. The van der Waals surface area contributed by atoms with Crippen molar-refractivity contribution in [3.8, 4) is 0 Å². The first kappa shape index (κ1) is 18.1. The number of amides is 1. The van der Waals surface area contributed by atoms with E-state index in [1.54, 1.807) is 30.6 Å². The molecule has 1 fully saturated rings. The van der Waals surface area contributed by atoms with Gasteiger partial charge in [-0.05, 0) is 20.0 Å². The summed E-state index contributed by atoms with van der Waals surface area (Å²) >= 11 is 7.97. The second-order valence-electron chi connectivity index (χ2n) is 5.45. The van der Waals surface area contributed by atoms with Gasteiger partial charge in [-0.2, -0.15) is 0 Å². The van der Waals surface area contributed by atoms with Crippen LogP contribution in [0.25, 0.3) is 0 Å². The van der Waals surface area contributed by atoms with Crippen LogP contribution in [-0.4, -0.2) is 60.7 Å². The predicted molar refractivity (Wildman–Crippen MR) is 92.5 cm³/mol. The average Bonchev–Trinajstić information content (AvgIpc) is 3.03. The average molecular weight is 357 g/mol. The fourth-order valence-corrected chi connectivity index (χ4v) is 4.07. The molecule has 1 aliphatic heterocycles. The number of hydrogen-bond donors (Lipinski definition) is 0. The molecule has 1 aromatic rings. The minimum atomic E-state index is -0.460. The van der Waals surface area contributed by atoms with Crippen LogP contribution in [0.1, 0.15) is 17.9 Å². The molecule has 0 aliphatic carbocycles. The van der Waals surface area contributed by atoms with E-state index in [1.807, 2.05) is 29.2 Å². The molecule has 1 aromatic carbocycles. The number of benzene rings is 1. The summed E-state index contributed by atoms with van der Waals surface area (Å²) in [5, 5.41) is 0.596. The van der Waals surface area contributed by atoms with E-state index in [0.717, 1.165) is 11.3 Å². The molecule has 1 aliphatic rings. The van der Waals surface area contributed by atoms with Crippen molar-refractivity contribution in [1.29, 1.82) is 0 Å². The topological polar surface area (TPSA) is 49.9 Å². The highest BCUT2D eigenvalue weighted by atomic mass is 35.5. The Bertz CT molecular complexity index is 584. The molecule has 0 radical (unpaired) electrons. The minimum Gasteiger partial charge on any atom is -0.468 e. The Labute approximate surface area is 145 Å². The summed E-state index contributed by atoms with van der Waals surface area (Å²) in [6.45, 7) is 2.57. The molecular weight excluding hydrogens is 336 g/mol. The second kappa shape index (κ2) is 8.04. The van der Waals surface area contributed by atoms with Gasteiger partial charge in [0, 0.05) is 22.9 Å². The lowest BCUT2D eigenvalue weighted by Gasteiger charge is -2.28. The van der Waals surface area contributed by atoms with E-state index in [2.05, 4.69) is 0 Å². The first-order valence-electron chi connectivity index (χ1n) is 7.39. The summed E-state index contributed by atoms with van der Waals surface area (Å²) < 4.78 is 4.72. The van der Waals surface area contributed by atoms with Gasteiger partial charge in [-0.1, -0.05) is 29.8 Å². The Hall–Kier alpha value is -1.24. The summed E-state index contributed by atoms with van der Waals surface area (Å²) in [5.41, 5.74) is 0.952. The zero-order chi connectivity index (χ0) is 17.0. The quantitative estimate of drug-likeness (QED) is 0.758. The Morgan fingerprint density at radius 2 is 2.17 bits per heavy atom. The number of esters is 1. The van der Waals surface area contributed by atoms with Gasteiger partial charge in [0.15, 0.2) is 0 Å². The van der Waals surface area contributed by atoms with Gasteiger partial charge in [0.05, 0.1) is 13.7 Å². The van der Waals surface area contributed by atoms with Crippen molar-refractivity contribution in [2.75, 3.05) is 33.0 Å². The number of likely N-dealkylation sites (N-methyl/N-ethyl adjacent to an activating group) is 1. The number of ether oxygens (including phenoxy) is 1. The molecule has 2 rings (SSSR count). The highest BCUT2D eigenvalue weighted by Gasteiger charge is 2.33. The number of carbonyl (C=O) groups excluding carboxylic acids is 2.